The van der Waals surface area contributed by atoms with Gasteiger partial charge in [0.05, 0.1) is 0 Å². The first-order valence-electron chi connectivity index (χ1n) is 7.89. The number of likely N-dealkylation sites (N-methyl/N-ethyl adjacent to an activating group) is 1. The van der Waals surface area contributed by atoms with Gasteiger partial charge in [0.2, 0.25) is 0 Å². The summed E-state index contributed by atoms with van der Waals surface area (Å²) in [4.78, 5) is 14.6. The second-order valence-electron chi connectivity index (χ2n) is 5.86. The minimum absolute atomic E-state index is 0.103. The standard InChI is InChI=1S/C19H22N2O/c1-21(18-11-6-12-20-14-18)19(22)17-10-5-9-16(13-17)15-7-3-2-4-8-15/h2-5,7-10,13,18,20H,6,11-12,14H2,1H3. The number of carbonyl (C=O) groups excluding carboxylic acids is 1. The molecule has 1 heterocycles. The SMILES string of the molecule is CN(C(=O)c1cccc(-c2ccccc2)c1)C1CCCNC1. The molecular weight excluding hydrogens is 272 g/mol. The number of amides is 1. The molecule has 0 aliphatic carbocycles. The van der Waals surface area contributed by atoms with Gasteiger partial charge in [-0.2, -0.15) is 0 Å². The molecule has 22 heavy (non-hydrogen) atoms. The molecule has 2 aromatic rings. The van der Waals surface area contributed by atoms with Crippen molar-refractivity contribution in [1.29, 1.82) is 0 Å². The molecule has 0 saturated carbocycles. The van der Waals surface area contributed by atoms with Gasteiger partial charge in [-0.05, 0) is 42.6 Å². The fourth-order valence-electron chi connectivity index (χ4n) is 3.00. The van der Waals surface area contributed by atoms with Gasteiger partial charge < -0.3 is 10.2 Å². The maximum Gasteiger partial charge on any atom is 0.253 e. The molecule has 0 bridgehead atoms. The van der Waals surface area contributed by atoms with Gasteiger partial charge in [-0.15, -0.1) is 0 Å². The van der Waals surface area contributed by atoms with Crippen LogP contribution in [0.2, 0.25) is 0 Å². The van der Waals surface area contributed by atoms with Crippen LogP contribution in [0.15, 0.2) is 54.6 Å². The summed E-state index contributed by atoms with van der Waals surface area (Å²) >= 11 is 0. The van der Waals surface area contributed by atoms with E-state index in [2.05, 4.69) is 17.4 Å². The van der Waals surface area contributed by atoms with Crippen molar-refractivity contribution < 1.29 is 4.79 Å². The zero-order valence-corrected chi connectivity index (χ0v) is 13.0. The van der Waals surface area contributed by atoms with Crippen molar-refractivity contribution in [3.63, 3.8) is 0 Å². The molecule has 1 aliphatic heterocycles. The maximum atomic E-state index is 12.7. The summed E-state index contributed by atoms with van der Waals surface area (Å²) in [6.45, 7) is 1.95. The Morgan fingerprint density at radius 1 is 1.09 bits per heavy atom. The maximum absolute atomic E-state index is 12.7. The Kier molecular flexibility index (Phi) is 4.54. The van der Waals surface area contributed by atoms with Crippen molar-refractivity contribution in [2.24, 2.45) is 0 Å². The molecule has 0 aromatic heterocycles. The lowest BCUT2D eigenvalue weighted by Crippen LogP contribution is -2.46. The molecule has 3 rings (SSSR count). The second kappa shape index (κ2) is 6.75. The van der Waals surface area contributed by atoms with E-state index in [0.29, 0.717) is 6.04 Å². The van der Waals surface area contributed by atoms with E-state index in [-0.39, 0.29) is 5.91 Å². The van der Waals surface area contributed by atoms with Crippen LogP contribution in [0.1, 0.15) is 23.2 Å². The Labute approximate surface area is 132 Å². The van der Waals surface area contributed by atoms with E-state index in [1.54, 1.807) is 0 Å². The van der Waals surface area contributed by atoms with Crippen LogP contribution in [-0.4, -0.2) is 37.0 Å². The van der Waals surface area contributed by atoms with Gasteiger partial charge in [-0.1, -0.05) is 42.5 Å². The number of carbonyl (C=O) groups is 1. The number of piperidine rings is 1. The lowest BCUT2D eigenvalue weighted by Gasteiger charge is -2.31. The molecule has 1 aliphatic rings. The first-order valence-corrected chi connectivity index (χ1v) is 7.89. The van der Waals surface area contributed by atoms with Crippen LogP contribution in [0.4, 0.5) is 0 Å². The average molecular weight is 294 g/mol. The predicted octanol–water partition coefficient (Wildman–Crippen LogP) is 3.18. The molecular formula is C19H22N2O. The summed E-state index contributed by atoms with van der Waals surface area (Å²) in [5, 5.41) is 3.37. The summed E-state index contributed by atoms with van der Waals surface area (Å²) in [6.07, 6.45) is 2.21. The smallest absolute Gasteiger partial charge is 0.253 e. The van der Waals surface area contributed by atoms with Gasteiger partial charge in [0.25, 0.3) is 5.91 Å². The minimum atomic E-state index is 0.103. The number of nitrogens with one attached hydrogen (secondary N) is 1. The van der Waals surface area contributed by atoms with Gasteiger partial charge in [-0.3, -0.25) is 4.79 Å². The molecule has 0 spiro atoms. The van der Waals surface area contributed by atoms with E-state index < -0.39 is 0 Å². The summed E-state index contributed by atoms with van der Waals surface area (Å²) in [5.41, 5.74) is 2.98. The second-order valence-corrected chi connectivity index (χ2v) is 5.86. The van der Waals surface area contributed by atoms with Crippen LogP contribution in [0.5, 0.6) is 0 Å². The Morgan fingerprint density at radius 2 is 1.86 bits per heavy atom. The van der Waals surface area contributed by atoms with E-state index in [4.69, 9.17) is 0 Å². The summed E-state index contributed by atoms with van der Waals surface area (Å²) in [5.74, 6) is 0.103. The highest BCUT2D eigenvalue weighted by atomic mass is 16.2. The highest BCUT2D eigenvalue weighted by Gasteiger charge is 2.22. The molecule has 114 valence electrons. The third kappa shape index (κ3) is 3.20. The van der Waals surface area contributed by atoms with Crippen LogP contribution in [0.3, 0.4) is 0 Å². The molecule has 1 atom stereocenters. The normalized spacial score (nSPS) is 18.0. The van der Waals surface area contributed by atoms with Gasteiger partial charge in [-0.25, -0.2) is 0 Å². The minimum Gasteiger partial charge on any atom is -0.337 e. The highest BCUT2D eigenvalue weighted by Crippen LogP contribution is 2.21. The molecule has 1 amide bonds. The number of nitrogens with zero attached hydrogens (tertiary/aromatic N) is 1. The molecule has 2 aromatic carbocycles. The third-order valence-electron chi connectivity index (χ3n) is 4.36. The first kappa shape index (κ1) is 14.8. The highest BCUT2D eigenvalue weighted by molar-refractivity contribution is 5.95. The average Bonchev–Trinajstić information content (AvgIpc) is 2.62. The van der Waals surface area contributed by atoms with Crippen LogP contribution in [0.25, 0.3) is 11.1 Å². The van der Waals surface area contributed by atoms with E-state index in [1.165, 1.54) is 0 Å². The van der Waals surface area contributed by atoms with Gasteiger partial charge in [0.15, 0.2) is 0 Å². The topological polar surface area (TPSA) is 32.3 Å². The summed E-state index contributed by atoms with van der Waals surface area (Å²) in [6, 6.07) is 18.4. The third-order valence-corrected chi connectivity index (χ3v) is 4.36. The van der Waals surface area contributed by atoms with Crippen molar-refractivity contribution in [3.05, 3.63) is 60.2 Å². The molecule has 1 unspecified atom stereocenters. The molecule has 1 N–H and O–H groups in total. The van der Waals surface area contributed by atoms with E-state index in [1.807, 2.05) is 54.4 Å². The fourth-order valence-corrected chi connectivity index (χ4v) is 3.00. The van der Waals surface area contributed by atoms with Crippen molar-refractivity contribution in [3.8, 4) is 11.1 Å². The number of benzene rings is 2. The fraction of sp³-hybridized carbons (Fsp3) is 0.316. The Bertz CT molecular complexity index is 633. The molecule has 1 fully saturated rings. The van der Waals surface area contributed by atoms with E-state index >= 15 is 0 Å². The number of hydrogen-bond acceptors (Lipinski definition) is 2. The molecule has 3 nitrogen and oxygen atoms in total. The van der Waals surface area contributed by atoms with Crippen molar-refractivity contribution in [1.82, 2.24) is 10.2 Å². The van der Waals surface area contributed by atoms with Crippen LogP contribution in [-0.2, 0) is 0 Å². The van der Waals surface area contributed by atoms with Crippen LogP contribution < -0.4 is 5.32 Å². The lowest BCUT2D eigenvalue weighted by atomic mass is 10.0. The van der Waals surface area contributed by atoms with Gasteiger partial charge >= 0.3 is 0 Å². The first-order chi connectivity index (χ1) is 10.8. The monoisotopic (exact) mass is 294 g/mol. The molecule has 3 heteroatoms. The van der Waals surface area contributed by atoms with Crippen molar-refractivity contribution >= 4 is 5.91 Å². The van der Waals surface area contributed by atoms with Gasteiger partial charge in [0, 0.05) is 25.2 Å². The Hall–Kier alpha value is -2.13. The summed E-state index contributed by atoms with van der Waals surface area (Å²) < 4.78 is 0. The van der Waals surface area contributed by atoms with Crippen molar-refractivity contribution in [2.45, 2.75) is 18.9 Å². The number of hydrogen-bond donors (Lipinski definition) is 1. The van der Waals surface area contributed by atoms with Gasteiger partial charge in [0.1, 0.15) is 0 Å². The van der Waals surface area contributed by atoms with Crippen LogP contribution >= 0.6 is 0 Å². The zero-order chi connectivity index (χ0) is 15.4. The molecule has 1 saturated heterocycles. The van der Waals surface area contributed by atoms with E-state index in [0.717, 1.165) is 42.6 Å². The van der Waals surface area contributed by atoms with Crippen LogP contribution in [0, 0.1) is 0 Å². The van der Waals surface area contributed by atoms with E-state index in [9.17, 15) is 4.79 Å². The zero-order valence-electron chi connectivity index (χ0n) is 13.0. The predicted molar refractivity (Wildman–Crippen MR) is 89.9 cm³/mol. The summed E-state index contributed by atoms with van der Waals surface area (Å²) in [7, 11) is 1.91. The quantitative estimate of drug-likeness (QED) is 0.943. The number of rotatable bonds is 3. The lowest BCUT2D eigenvalue weighted by molar-refractivity contribution is 0.0708. The Balaban J connectivity index is 1.81. The Morgan fingerprint density at radius 3 is 2.59 bits per heavy atom. The molecule has 0 radical (unpaired) electrons. The van der Waals surface area contributed by atoms with Crippen molar-refractivity contribution in [2.75, 3.05) is 20.1 Å². The largest absolute Gasteiger partial charge is 0.337 e.